The van der Waals surface area contributed by atoms with E-state index >= 15 is 0 Å². The molecular formula is C99H165N5O15. The molecule has 0 radical (unpaired) electrons. The summed E-state index contributed by atoms with van der Waals surface area (Å²) in [5.41, 5.74) is 8.87. The molecule has 0 saturated heterocycles. The normalized spacial score (nSPS) is 12.2. The fourth-order valence-corrected chi connectivity index (χ4v) is 9.88. The number of benzene rings is 4. The maximum atomic E-state index is 11.1. The number of carbonyl (C=O) groups excluding carboxylic acids is 3. The van der Waals surface area contributed by atoms with E-state index in [0.29, 0.717) is 57.1 Å². The van der Waals surface area contributed by atoms with Crippen LogP contribution in [0.1, 0.15) is 237 Å². The fourth-order valence-electron chi connectivity index (χ4n) is 9.88. The topological polar surface area (TPSA) is 275 Å². The lowest BCUT2D eigenvalue weighted by Crippen LogP contribution is -2.35. The van der Waals surface area contributed by atoms with Crippen LogP contribution in [0, 0.1) is 0 Å². The standard InChI is InChI=1S/2C15H23NO.C12H23NO3.C11H21NO3.2C11H14O.C10H19NO3.C7H14O2.C4H8.C3H6/c1-4-11-16(6-3)12-15(17)14-9-7-13(5-2)8-10-14;1-4-10-16(6-3)12-15(17)14-9-7-8-13(5-2)11-14;1-5-7-13(6-2)8-11(14)9-16-12(15)10(3)4;1-4-7-12(6-3)8-10(13)9-15-11(14)5-2;1-3-9-5-7-10(8-6-9)11(12)4-2;1-3-9-6-5-7-10(8-9)11(12)4-2;1-4-5-11-6-9(12)7-14-10(13)8(2)3;1-3-5-9-6-7(8)4-2;1-3-4-2;1-3-2/h5,7-10,15,17H,2,4,6,11-12H2,1,3H3;5,7-9,11,15,17H,2,4,6,10,12H2,1,3H3;11,14H,3,5-9H2,1-2,4H3;5,10,13H,2,4,6-9H2,1,3H3;2*3,5-8,11-12H,1,4H2,2H3;9,11-12H,2,4-7H2,1,3H3;3,7-8H,1,4-6H2,2H3;3H,1,4H2,2H3;3H,1H2,2H3. The second kappa shape index (κ2) is 85.1. The molecule has 0 aromatic heterocycles. The molecule has 9 N–H and O–H groups in total. The van der Waals surface area contributed by atoms with Gasteiger partial charge in [-0.05, 0) is 194 Å². The monoisotopic (exact) mass is 1660 g/mol. The van der Waals surface area contributed by atoms with Gasteiger partial charge in [-0.15, -0.1) is 19.7 Å². The van der Waals surface area contributed by atoms with Crippen LogP contribution in [0.15, 0.2) is 198 Å². The zero-order valence-corrected chi connectivity index (χ0v) is 76.6. The molecule has 0 aliphatic heterocycles. The largest absolute Gasteiger partial charge is 0.460 e. The molecule has 0 spiro atoms. The van der Waals surface area contributed by atoms with Gasteiger partial charge in [0.05, 0.1) is 43.7 Å². The van der Waals surface area contributed by atoms with E-state index in [1.54, 1.807) is 44.2 Å². The van der Waals surface area contributed by atoms with Crippen molar-refractivity contribution < 1.29 is 74.2 Å². The number of hydrogen-bond acceptors (Lipinski definition) is 20. The summed E-state index contributed by atoms with van der Waals surface area (Å²) in [5, 5.41) is 79.8. The number of nitrogens with one attached hydrogen (secondary N) is 1. The van der Waals surface area contributed by atoms with Crippen molar-refractivity contribution in [3.8, 4) is 0 Å². The molecule has 20 heteroatoms. The number of ether oxygens (including phenoxy) is 4. The second-order valence-corrected chi connectivity index (χ2v) is 27.7. The van der Waals surface area contributed by atoms with Crippen LogP contribution in [-0.2, 0) is 33.3 Å². The molecule has 0 fully saturated rings. The number of aliphatic hydroxyl groups is 8. The molecule has 8 atom stereocenters. The number of hydrogen-bond donors (Lipinski definition) is 9. The smallest absolute Gasteiger partial charge is 0.333 e. The Morgan fingerprint density at radius 3 is 1.05 bits per heavy atom. The molecule has 4 aromatic carbocycles. The molecule has 676 valence electrons. The van der Waals surface area contributed by atoms with Gasteiger partial charge < -0.3 is 84.7 Å². The molecule has 0 saturated carbocycles. The zero-order valence-electron chi connectivity index (χ0n) is 76.6. The zero-order chi connectivity index (χ0) is 91.7. The maximum Gasteiger partial charge on any atom is 0.333 e. The molecule has 0 amide bonds. The Kier molecular flexibility index (Phi) is 87.2. The van der Waals surface area contributed by atoms with Gasteiger partial charge in [0.15, 0.2) is 0 Å². The number of nitrogens with zero attached hydrogens (tertiary/aromatic N) is 4. The van der Waals surface area contributed by atoms with E-state index in [-0.39, 0.29) is 38.1 Å². The highest BCUT2D eigenvalue weighted by Gasteiger charge is 2.17. The molecule has 8 unspecified atom stereocenters. The average molecular weight is 1670 g/mol. The van der Waals surface area contributed by atoms with Gasteiger partial charge in [-0.3, -0.25) is 0 Å². The van der Waals surface area contributed by atoms with Crippen LogP contribution in [0.25, 0.3) is 24.3 Å². The quantitative estimate of drug-likeness (QED) is 0.00653. The third kappa shape index (κ3) is 71.6. The molecule has 0 aliphatic rings. The van der Waals surface area contributed by atoms with Crippen LogP contribution >= 0.6 is 0 Å². The lowest BCUT2D eigenvalue weighted by molar-refractivity contribution is -0.142. The van der Waals surface area contributed by atoms with E-state index in [2.05, 4.69) is 139 Å². The van der Waals surface area contributed by atoms with Gasteiger partial charge >= 0.3 is 17.9 Å². The number of allylic oxidation sites excluding steroid dienone is 2. The number of rotatable bonds is 49. The highest BCUT2D eigenvalue weighted by molar-refractivity contribution is 5.87. The number of carbonyl (C=O) groups is 3. The minimum Gasteiger partial charge on any atom is -0.460 e. The third-order valence-corrected chi connectivity index (χ3v) is 16.9. The van der Waals surface area contributed by atoms with Crippen molar-refractivity contribution in [2.24, 2.45) is 0 Å². The molecule has 0 aliphatic carbocycles. The van der Waals surface area contributed by atoms with E-state index < -0.39 is 48.4 Å². The highest BCUT2D eigenvalue weighted by atomic mass is 16.6. The summed E-state index contributed by atoms with van der Waals surface area (Å²) >= 11 is 0. The SMILES string of the molecule is C=C(C)C(=O)OCC(O)CN(CC)CCC.C=C(C)C(=O)OCC(O)CNCCC.C=CC.C=CC(=O)OCC(O)CN(CC)CCC.C=CCC.C=CCOCC(O)CC.C=Cc1ccc(C(O)CC)cc1.C=Cc1ccc(C(O)CN(CC)CCC)cc1.C=Cc1cccc(C(O)CC)c1.C=Cc1cccc(C(O)CN(CC)CCC)c1. The minimum atomic E-state index is -0.648. The van der Waals surface area contributed by atoms with Gasteiger partial charge in [0, 0.05) is 49.9 Å². The van der Waals surface area contributed by atoms with Crippen LogP contribution in [0.4, 0.5) is 0 Å². The van der Waals surface area contributed by atoms with Crippen LogP contribution in [-0.4, -0.2) is 227 Å². The van der Waals surface area contributed by atoms with E-state index in [9.17, 15) is 50.1 Å². The van der Waals surface area contributed by atoms with Crippen molar-refractivity contribution in [2.75, 3.05) is 125 Å². The van der Waals surface area contributed by atoms with E-state index in [1.807, 2.05) is 158 Å². The predicted molar refractivity (Wildman–Crippen MR) is 504 cm³/mol. The Labute approximate surface area is 722 Å². The molecular weight excluding hydrogens is 1500 g/mol. The van der Waals surface area contributed by atoms with Crippen molar-refractivity contribution in [1.29, 1.82) is 0 Å². The number of esters is 3. The summed E-state index contributed by atoms with van der Waals surface area (Å²) in [4.78, 5) is 41.5. The molecule has 119 heavy (non-hydrogen) atoms. The summed E-state index contributed by atoms with van der Waals surface area (Å²) in [6.45, 7) is 79.7. The first-order valence-electron chi connectivity index (χ1n) is 42.6. The van der Waals surface area contributed by atoms with Crippen molar-refractivity contribution in [2.45, 2.75) is 217 Å². The molecule has 4 rings (SSSR count). The lowest BCUT2D eigenvalue weighted by Gasteiger charge is -2.23. The molecule has 0 heterocycles. The van der Waals surface area contributed by atoms with Crippen molar-refractivity contribution in [1.82, 2.24) is 24.9 Å². The predicted octanol–water partition coefficient (Wildman–Crippen LogP) is 17.9. The molecule has 4 aromatic rings. The van der Waals surface area contributed by atoms with Gasteiger partial charge in [0.25, 0.3) is 0 Å². The Balaban J connectivity index is -0.000000304. The summed E-state index contributed by atoms with van der Waals surface area (Å²) in [7, 11) is 0. The van der Waals surface area contributed by atoms with Crippen LogP contribution < -0.4 is 5.32 Å². The van der Waals surface area contributed by atoms with E-state index in [4.69, 9.17) is 24.1 Å². The summed E-state index contributed by atoms with van der Waals surface area (Å²) < 4.78 is 19.4. The first kappa shape index (κ1) is 122. The minimum absolute atomic E-state index is 0.0163. The second-order valence-electron chi connectivity index (χ2n) is 27.7. The average Bonchev–Trinajstić information content (AvgIpc) is 0.897. The Bertz CT molecular complexity index is 3200. The van der Waals surface area contributed by atoms with Gasteiger partial charge in [-0.1, -0.05) is 264 Å². The Morgan fingerprint density at radius 1 is 0.403 bits per heavy atom. The van der Waals surface area contributed by atoms with E-state index in [1.165, 1.54) is 0 Å². The third-order valence-electron chi connectivity index (χ3n) is 16.9. The maximum absolute atomic E-state index is 11.1. The fraction of sp³-hybridized carbons (Fsp3) is 0.525. The van der Waals surface area contributed by atoms with E-state index in [0.717, 1.165) is 167 Å². The first-order valence-corrected chi connectivity index (χ1v) is 42.6. The lowest BCUT2D eigenvalue weighted by atomic mass is 10.0. The molecule has 20 nitrogen and oxygen atoms in total. The van der Waals surface area contributed by atoms with Gasteiger partial charge in [-0.2, -0.15) is 0 Å². The number of aliphatic hydroxyl groups excluding tert-OH is 8. The first-order chi connectivity index (χ1) is 56.8. The number of likely N-dealkylation sites (N-methyl/N-ethyl adjacent to an activating group) is 4. The Morgan fingerprint density at radius 2 is 0.739 bits per heavy atom. The van der Waals surface area contributed by atoms with Crippen LogP contribution in [0.3, 0.4) is 0 Å². The van der Waals surface area contributed by atoms with Crippen molar-refractivity contribution in [3.63, 3.8) is 0 Å². The van der Waals surface area contributed by atoms with Gasteiger partial charge in [-0.25, -0.2) is 14.4 Å². The summed E-state index contributed by atoms with van der Waals surface area (Å²) in [6.07, 6.45) is 18.6. The van der Waals surface area contributed by atoms with Crippen molar-refractivity contribution in [3.05, 3.63) is 243 Å². The van der Waals surface area contributed by atoms with Gasteiger partial charge in [0.1, 0.15) is 38.1 Å². The van der Waals surface area contributed by atoms with Gasteiger partial charge in [0.2, 0.25) is 0 Å². The van der Waals surface area contributed by atoms with Crippen molar-refractivity contribution >= 4 is 42.2 Å². The summed E-state index contributed by atoms with van der Waals surface area (Å²) in [6, 6.07) is 31.4. The Hall–Kier alpha value is -7.87. The van der Waals surface area contributed by atoms with Crippen LogP contribution in [0.2, 0.25) is 0 Å². The highest BCUT2D eigenvalue weighted by Crippen LogP contribution is 2.21. The van der Waals surface area contributed by atoms with Crippen LogP contribution in [0.5, 0.6) is 0 Å². The molecule has 0 bridgehead atoms. The summed E-state index contributed by atoms with van der Waals surface area (Å²) in [5.74, 6) is -1.40.